The van der Waals surface area contributed by atoms with Crippen LogP contribution >= 0.6 is 0 Å². The van der Waals surface area contributed by atoms with Crippen molar-refractivity contribution in [3.05, 3.63) is 35.9 Å². The minimum absolute atomic E-state index is 0.00801. The standard InChI is InChI=1S/C14H20N2O/c1-11(12-7-3-2-4-8-12)16-13(17)14(15)9-5-6-10-14/h2-4,7-8,11H,5-6,9-10,15H2,1H3,(H,16,17)/t11-/m0/s1. The van der Waals surface area contributed by atoms with Gasteiger partial charge in [0.05, 0.1) is 11.6 Å². The molecule has 0 aliphatic heterocycles. The van der Waals surface area contributed by atoms with Gasteiger partial charge in [-0.2, -0.15) is 0 Å². The topological polar surface area (TPSA) is 55.1 Å². The number of amides is 1. The van der Waals surface area contributed by atoms with E-state index in [9.17, 15) is 4.79 Å². The van der Waals surface area contributed by atoms with Gasteiger partial charge in [0.1, 0.15) is 0 Å². The van der Waals surface area contributed by atoms with E-state index in [1.165, 1.54) is 0 Å². The first-order valence-electron chi connectivity index (χ1n) is 6.27. The van der Waals surface area contributed by atoms with Gasteiger partial charge in [-0.15, -0.1) is 0 Å². The molecular weight excluding hydrogens is 212 g/mol. The first-order chi connectivity index (χ1) is 8.12. The largest absolute Gasteiger partial charge is 0.348 e. The zero-order valence-corrected chi connectivity index (χ0v) is 10.3. The molecule has 1 saturated carbocycles. The fourth-order valence-corrected chi connectivity index (χ4v) is 2.40. The lowest BCUT2D eigenvalue weighted by Gasteiger charge is -2.25. The number of hydrogen-bond donors (Lipinski definition) is 2. The second-order valence-electron chi connectivity index (χ2n) is 4.97. The maximum atomic E-state index is 12.1. The molecule has 1 aliphatic rings. The lowest BCUT2D eigenvalue weighted by Crippen LogP contribution is -2.52. The molecule has 0 radical (unpaired) electrons. The van der Waals surface area contributed by atoms with Gasteiger partial charge in [-0.3, -0.25) is 4.79 Å². The van der Waals surface area contributed by atoms with E-state index in [1.54, 1.807) is 0 Å². The summed E-state index contributed by atoms with van der Waals surface area (Å²) in [6.07, 6.45) is 3.73. The molecular formula is C14H20N2O. The van der Waals surface area contributed by atoms with Gasteiger partial charge in [0.2, 0.25) is 5.91 Å². The van der Waals surface area contributed by atoms with Crippen LogP contribution in [0.2, 0.25) is 0 Å². The van der Waals surface area contributed by atoms with Crippen molar-refractivity contribution in [1.82, 2.24) is 5.32 Å². The Morgan fingerprint density at radius 3 is 2.47 bits per heavy atom. The predicted octanol–water partition coefficient (Wildman–Crippen LogP) is 2.14. The van der Waals surface area contributed by atoms with Crippen molar-refractivity contribution in [2.24, 2.45) is 5.73 Å². The summed E-state index contributed by atoms with van der Waals surface area (Å²) < 4.78 is 0. The van der Waals surface area contributed by atoms with Crippen molar-refractivity contribution in [2.45, 2.75) is 44.2 Å². The molecule has 0 unspecified atom stereocenters. The molecule has 0 bridgehead atoms. The predicted molar refractivity (Wildman–Crippen MR) is 68.4 cm³/mol. The van der Waals surface area contributed by atoms with Crippen LogP contribution in [-0.4, -0.2) is 11.4 Å². The van der Waals surface area contributed by atoms with Crippen molar-refractivity contribution in [2.75, 3.05) is 0 Å². The number of carbonyl (C=O) groups excluding carboxylic acids is 1. The third-order valence-electron chi connectivity index (χ3n) is 3.60. The summed E-state index contributed by atoms with van der Waals surface area (Å²) in [7, 11) is 0. The fraction of sp³-hybridized carbons (Fsp3) is 0.500. The molecule has 1 aromatic rings. The van der Waals surface area contributed by atoms with Crippen LogP contribution in [0.5, 0.6) is 0 Å². The minimum Gasteiger partial charge on any atom is -0.348 e. The van der Waals surface area contributed by atoms with E-state index in [0.29, 0.717) is 0 Å². The first-order valence-corrected chi connectivity index (χ1v) is 6.27. The maximum absolute atomic E-state index is 12.1. The molecule has 1 aliphatic carbocycles. The second-order valence-corrected chi connectivity index (χ2v) is 4.97. The Balaban J connectivity index is 1.99. The zero-order valence-electron chi connectivity index (χ0n) is 10.3. The van der Waals surface area contributed by atoms with Crippen molar-refractivity contribution < 1.29 is 4.79 Å². The van der Waals surface area contributed by atoms with E-state index < -0.39 is 5.54 Å². The number of nitrogens with one attached hydrogen (secondary N) is 1. The average molecular weight is 232 g/mol. The van der Waals surface area contributed by atoms with Gasteiger partial charge in [-0.1, -0.05) is 43.2 Å². The molecule has 17 heavy (non-hydrogen) atoms. The molecule has 1 amide bonds. The van der Waals surface area contributed by atoms with Crippen LogP contribution in [0, 0.1) is 0 Å². The molecule has 1 fully saturated rings. The number of hydrogen-bond acceptors (Lipinski definition) is 2. The summed E-state index contributed by atoms with van der Waals surface area (Å²) in [6.45, 7) is 1.99. The van der Waals surface area contributed by atoms with Crippen LogP contribution in [0.1, 0.15) is 44.2 Å². The molecule has 3 nitrogen and oxygen atoms in total. The first kappa shape index (κ1) is 12.1. The molecule has 0 aromatic heterocycles. The Bertz CT molecular complexity index is 382. The van der Waals surface area contributed by atoms with Gasteiger partial charge in [0.15, 0.2) is 0 Å². The Kier molecular flexibility index (Phi) is 3.48. The van der Waals surface area contributed by atoms with Crippen LogP contribution in [0.4, 0.5) is 0 Å². The Hall–Kier alpha value is -1.35. The van der Waals surface area contributed by atoms with E-state index in [4.69, 9.17) is 5.73 Å². The van der Waals surface area contributed by atoms with Crippen molar-refractivity contribution in [3.8, 4) is 0 Å². The summed E-state index contributed by atoms with van der Waals surface area (Å²) in [5.74, 6) is -0.00801. The summed E-state index contributed by atoms with van der Waals surface area (Å²) in [5, 5.41) is 3.01. The third-order valence-corrected chi connectivity index (χ3v) is 3.60. The lowest BCUT2D eigenvalue weighted by molar-refractivity contribution is -0.126. The van der Waals surface area contributed by atoms with E-state index in [0.717, 1.165) is 31.2 Å². The highest BCUT2D eigenvalue weighted by Gasteiger charge is 2.37. The minimum atomic E-state index is -0.636. The quantitative estimate of drug-likeness (QED) is 0.839. The summed E-state index contributed by atoms with van der Waals surface area (Å²) in [5.41, 5.74) is 6.59. The summed E-state index contributed by atoms with van der Waals surface area (Å²) in [4.78, 5) is 12.1. The summed E-state index contributed by atoms with van der Waals surface area (Å²) in [6, 6.07) is 9.98. The smallest absolute Gasteiger partial charge is 0.240 e. The van der Waals surface area contributed by atoms with Gasteiger partial charge in [-0.05, 0) is 25.3 Å². The Morgan fingerprint density at radius 2 is 1.88 bits per heavy atom. The number of carbonyl (C=O) groups is 1. The number of nitrogens with two attached hydrogens (primary N) is 1. The van der Waals surface area contributed by atoms with Crippen LogP contribution in [0.15, 0.2) is 30.3 Å². The summed E-state index contributed by atoms with van der Waals surface area (Å²) >= 11 is 0. The molecule has 92 valence electrons. The SMILES string of the molecule is C[C@H](NC(=O)C1(N)CCCC1)c1ccccc1. The van der Waals surface area contributed by atoms with Crippen LogP contribution in [0.25, 0.3) is 0 Å². The zero-order chi connectivity index (χ0) is 12.3. The van der Waals surface area contributed by atoms with Crippen LogP contribution in [-0.2, 0) is 4.79 Å². The van der Waals surface area contributed by atoms with Gasteiger partial charge in [0, 0.05) is 0 Å². The second kappa shape index (κ2) is 4.88. The Labute approximate surface area is 102 Å². The molecule has 3 N–H and O–H groups in total. The van der Waals surface area contributed by atoms with E-state index in [2.05, 4.69) is 5.32 Å². The van der Waals surface area contributed by atoms with Gasteiger partial charge in [0.25, 0.3) is 0 Å². The van der Waals surface area contributed by atoms with E-state index in [1.807, 2.05) is 37.3 Å². The fourth-order valence-electron chi connectivity index (χ4n) is 2.40. The molecule has 0 heterocycles. The molecule has 1 atom stereocenters. The van der Waals surface area contributed by atoms with Crippen LogP contribution in [0.3, 0.4) is 0 Å². The van der Waals surface area contributed by atoms with Crippen molar-refractivity contribution in [1.29, 1.82) is 0 Å². The monoisotopic (exact) mass is 232 g/mol. The van der Waals surface area contributed by atoms with Crippen molar-refractivity contribution >= 4 is 5.91 Å². The third kappa shape index (κ3) is 2.67. The molecule has 2 rings (SSSR count). The molecule has 1 aromatic carbocycles. The van der Waals surface area contributed by atoms with Crippen LogP contribution < -0.4 is 11.1 Å². The highest BCUT2D eigenvalue weighted by atomic mass is 16.2. The lowest BCUT2D eigenvalue weighted by atomic mass is 9.97. The van der Waals surface area contributed by atoms with E-state index in [-0.39, 0.29) is 11.9 Å². The Morgan fingerprint density at radius 1 is 1.29 bits per heavy atom. The average Bonchev–Trinajstić information content (AvgIpc) is 2.78. The van der Waals surface area contributed by atoms with Gasteiger partial charge < -0.3 is 11.1 Å². The maximum Gasteiger partial charge on any atom is 0.240 e. The molecule has 0 spiro atoms. The molecule has 0 saturated heterocycles. The highest BCUT2D eigenvalue weighted by molar-refractivity contribution is 5.86. The molecule has 3 heteroatoms. The number of rotatable bonds is 3. The number of benzene rings is 1. The van der Waals surface area contributed by atoms with E-state index >= 15 is 0 Å². The van der Waals surface area contributed by atoms with Gasteiger partial charge >= 0.3 is 0 Å². The normalized spacial score (nSPS) is 19.9. The van der Waals surface area contributed by atoms with Gasteiger partial charge in [-0.25, -0.2) is 0 Å². The highest BCUT2D eigenvalue weighted by Crippen LogP contribution is 2.28. The van der Waals surface area contributed by atoms with Crippen molar-refractivity contribution in [3.63, 3.8) is 0 Å².